The molecule has 0 spiro atoms. The Bertz CT molecular complexity index is 2590. The Hall–Kier alpha value is -6.70. The van der Waals surface area contributed by atoms with E-state index in [4.69, 9.17) is 0 Å². The van der Waals surface area contributed by atoms with Crippen molar-refractivity contribution in [1.82, 2.24) is 0 Å². The first-order valence-electron chi connectivity index (χ1n) is 17.5. The molecular weight excluding hydrogens is 615 g/mol. The minimum atomic E-state index is 1.10. The van der Waals surface area contributed by atoms with Crippen LogP contribution < -0.4 is 4.90 Å². The number of fused-ring (bicyclic) bond motifs is 3. The lowest BCUT2D eigenvalue weighted by Gasteiger charge is -2.32. The number of benzene rings is 9. The van der Waals surface area contributed by atoms with Crippen molar-refractivity contribution in [1.29, 1.82) is 0 Å². The maximum Gasteiger partial charge on any atom is 0.0625 e. The van der Waals surface area contributed by atoms with Crippen LogP contribution in [0.2, 0.25) is 0 Å². The molecule has 1 nitrogen and oxygen atoms in total. The van der Waals surface area contributed by atoms with Crippen LogP contribution >= 0.6 is 0 Å². The van der Waals surface area contributed by atoms with Gasteiger partial charge in [-0.25, -0.2) is 0 Å². The molecule has 0 aliphatic heterocycles. The monoisotopic (exact) mass is 649 g/mol. The molecule has 0 saturated heterocycles. The van der Waals surface area contributed by atoms with E-state index in [0.717, 1.165) is 17.1 Å². The highest BCUT2D eigenvalue weighted by atomic mass is 15.1. The van der Waals surface area contributed by atoms with Crippen molar-refractivity contribution in [3.8, 4) is 44.5 Å². The smallest absolute Gasteiger partial charge is 0.0625 e. The molecule has 0 heterocycles. The van der Waals surface area contributed by atoms with Gasteiger partial charge in [0, 0.05) is 22.2 Å². The fourth-order valence-corrected chi connectivity index (χ4v) is 7.46. The van der Waals surface area contributed by atoms with Crippen molar-refractivity contribution >= 4 is 38.6 Å². The van der Waals surface area contributed by atoms with E-state index in [1.165, 1.54) is 66.1 Å². The summed E-state index contributed by atoms with van der Waals surface area (Å²) in [5, 5.41) is 4.90. The molecule has 9 rings (SSSR count). The highest BCUT2D eigenvalue weighted by molar-refractivity contribution is 6.22. The van der Waals surface area contributed by atoms with Crippen molar-refractivity contribution in [3.05, 3.63) is 212 Å². The maximum atomic E-state index is 2.49. The predicted octanol–water partition coefficient (Wildman–Crippen LogP) is 14.1. The van der Waals surface area contributed by atoms with Crippen LogP contribution in [0.15, 0.2) is 212 Å². The standard InChI is InChI=1S/C50H35N/c1-4-16-36(17-5-1)38-28-30-41(31-29-38)49-46-25-12-10-23-44(46)45-24-11-13-26-47(45)50(49)51(42-34-32-39(33-35-42)37-18-6-2-7-19-37)48-27-15-14-22-43(48)40-20-8-3-9-21-40/h1-35H. The minimum absolute atomic E-state index is 1.10. The molecule has 0 saturated carbocycles. The van der Waals surface area contributed by atoms with Gasteiger partial charge in [-0.1, -0.05) is 194 Å². The third-order valence-corrected chi connectivity index (χ3v) is 9.87. The number of nitrogens with zero attached hydrogens (tertiary/aromatic N) is 1. The summed E-state index contributed by atoms with van der Waals surface area (Å²) in [6.07, 6.45) is 0. The molecule has 0 atom stereocenters. The van der Waals surface area contributed by atoms with E-state index >= 15 is 0 Å². The lowest BCUT2D eigenvalue weighted by atomic mass is 9.89. The van der Waals surface area contributed by atoms with Crippen molar-refractivity contribution in [3.63, 3.8) is 0 Å². The number of hydrogen-bond acceptors (Lipinski definition) is 1. The van der Waals surface area contributed by atoms with Gasteiger partial charge in [0.15, 0.2) is 0 Å². The summed E-state index contributed by atoms with van der Waals surface area (Å²) in [6.45, 7) is 0. The molecule has 1 heteroatoms. The minimum Gasteiger partial charge on any atom is -0.309 e. The summed E-state index contributed by atoms with van der Waals surface area (Å²) in [4.78, 5) is 2.49. The van der Waals surface area contributed by atoms with E-state index < -0.39 is 0 Å². The highest BCUT2D eigenvalue weighted by Gasteiger charge is 2.25. The topological polar surface area (TPSA) is 3.24 Å². The SMILES string of the molecule is c1ccc(-c2ccc(-c3c(N(c4ccc(-c5ccccc5)cc4)c4ccccc4-c4ccccc4)c4ccccc4c4ccccc34)cc2)cc1. The van der Waals surface area contributed by atoms with E-state index in [1.807, 2.05) is 0 Å². The van der Waals surface area contributed by atoms with E-state index in [9.17, 15) is 0 Å². The van der Waals surface area contributed by atoms with Crippen molar-refractivity contribution in [2.24, 2.45) is 0 Å². The summed E-state index contributed by atoms with van der Waals surface area (Å²) in [6, 6.07) is 76.7. The molecule has 0 bridgehead atoms. The van der Waals surface area contributed by atoms with Crippen LogP contribution in [0.3, 0.4) is 0 Å². The molecule has 0 aromatic heterocycles. The number of rotatable bonds is 7. The number of anilines is 3. The van der Waals surface area contributed by atoms with Gasteiger partial charge in [-0.3, -0.25) is 0 Å². The Labute approximate surface area is 299 Å². The van der Waals surface area contributed by atoms with E-state index in [1.54, 1.807) is 0 Å². The van der Waals surface area contributed by atoms with Crippen molar-refractivity contribution < 1.29 is 0 Å². The molecule has 9 aromatic rings. The molecular formula is C50H35N. The molecule has 0 radical (unpaired) electrons. The Kier molecular flexibility index (Phi) is 7.92. The Morgan fingerprint density at radius 2 is 0.647 bits per heavy atom. The first kappa shape index (κ1) is 30.4. The van der Waals surface area contributed by atoms with Crippen molar-refractivity contribution in [2.75, 3.05) is 4.90 Å². The maximum absolute atomic E-state index is 2.49. The van der Waals surface area contributed by atoms with Crippen LogP contribution in [0.5, 0.6) is 0 Å². The lowest BCUT2D eigenvalue weighted by Crippen LogP contribution is -2.13. The van der Waals surface area contributed by atoms with Gasteiger partial charge in [-0.05, 0) is 67.7 Å². The summed E-state index contributed by atoms with van der Waals surface area (Å²) in [5.41, 5.74) is 12.9. The van der Waals surface area contributed by atoms with Crippen LogP contribution in [0.4, 0.5) is 17.1 Å². The molecule has 0 aliphatic rings. The van der Waals surface area contributed by atoms with Gasteiger partial charge < -0.3 is 4.90 Å². The van der Waals surface area contributed by atoms with E-state index in [-0.39, 0.29) is 0 Å². The molecule has 0 aliphatic carbocycles. The van der Waals surface area contributed by atoms with Gasteiger partial charge in [0.2, 0.25) is 0 Å². The van der Waals surface area contributed by atoms with Crippen LogP contribution in [-0.2, 0) is 0 Å². The summed E-state index contributed by atoms with van der Waals surface area (Å²) < 4.78 is 0. The van der Waals surface area contributed by atoms with Crippen LogP contribution in [-0.4, -0.2) is 0 Å². The average Bonchev–Trinajstić information content (AvgIpc) is 3.22. The van der Waals surface area contributed by atoms with Crippen LogP contribution in [0.25, 0.3) is 66.1 Å². The molecule has 9 aromatic carbocycles. The third kappa shape index (κ3) is 5.65. The summed E-state index contributed by atoms with van der Waals surface area (Å²) in [7, 11) is 0. The first-order chi connectivity index (χ1) is 25.3. The second-order valence-corrected chi connectivity index (χ2v) is 12.9. The fourth-order valence-electron chi connectivity index (χ4n) is 7.46. The quantitative estimate of drug-likeness (QED) is 0.155. The van der Waals surface area contributed by atoms with Gasteiger partial charge in [-0.2, -0.15) is 0 Å². The molecule has 0 unspecified atom stereocenters. The van der Waals surface area contributed by atoms with E-state index in [2.05, 4.69) is 217 Å². The molecule has 0 amide bonds. The van der Waals surface area contributed by atoms with Gasteiger partial charge in [0.25, 0.3) is 0 Å². The summed E-state index contributed by atoms with van der Waals surface area (Å²) >= 11 is 0. The zero-order chi connectivity index (χ0) is 34.0. The zero-order valence-electron chi connectivity index (χ0n) is 28.2. The first-order valence-corrected chi connectivity index (χ1v) is 17.5. The van der Waals surface area contributed by atoms with Gasteiger partial charge >= 0.3 is 0 Å². The largest absolute Gasteiger partial charge is 0.309 e. The Morgan fingerprint density at radius 3 is 1.24 bits per heavy atom. The second kappa shape index (κ2) is 13.3. The van der Waals surface area contributed by atoms with Gasteiger partial charge in [0.05, 0.1) is 11.4 Å². The fraction of sp³-hybridized carbons (Fsp3) is 0. The third-order valence-electron chi connectivity index (χ3n) is 9.87. The molecule has 0 N–H and O–H groups in total. The Morgan fingerprint density at radius 1 is 0.255 bits per heavy atom. The van der Waals surface area contributed by atoms with E-state index in [0.29, 0.717) is 0 Å². The molecule has 51 heavy (non-hydrogen) atoms. The second-order valence-electron chi connectivity index (χ2n) is 12.9. The Balaban J connectivity index is 1.36. The van der Waals surface area contributed by atoms with Crippen LogP contribution in [0.1, 0.15) is 0 Å². The zero-order valence-corrected chi connectivity index (χ0v) is 28.2. The molecule has 0 fully saturated rings. The number of hydrogen-bond donors (Lipinski definition) is 0. The summed E-state index contributed by atoms with van der Waals surface area (Å²) in [5.74, 6) is 0. The van der Waals surface area contributed by atoms with Gasteiger partial charge in [-0.15, -0.1) is 0 Å². The lowest BCUT2D eigenvalue weighted by molar-refractivity contribution is 1.30. The van der Waals surface area contributed by atoms with Crippen LogP contribution in [0, 0.1) is 0 Å². The average molecular weight is 650 g/mol. The van der Waals surface area contributed by atoms with Gasteiger partial charge in [0.1, 0.15) is 0 Å². The highest BCUT2D eigenvalue weighted by Crippen LogP contribution is 2.51. The van der Waals surface area contributed by atoms with Crippen molar-refractivity contribution in [2.45, 2.75) is 0 Å². The predicted molar refractivity (Wildman–Crippen MR) is 218 cm³/mol. The molecule has 240 valence electrons. The number of para-hydroxylation sites is 1. The normalized spacial score (nSPS) is 11.1.